The lowest BCUT2D eigenvalue weighted by Gasteiger charge is -1.93. The lowest BCUT2D eigenvalue weighted by molar-refractivity contribution is 0.100. The number of amides is 1. The normalized spacial score (nSPS) is 10.4. The van der Waals surface area contributed by atoms with E-state index in [-0.39, 0.29) is 0 Å². The number of primary amides is 1. The van der Waals surface area contributed by atoms with Crippen molar-refractivity contribution in [3.05, 3.63) is 29.8 Å². The summed E-state index contributed by atoms with van der Waals surface area (Å²) in [5.41, 5.74) is 5.70. The predicted molar refractivity (Wildman–Crippen MR) is 56.9 cm³/mol. The van der Waals surface area contributed by atoms with Crippen molar-refractivity contribution in [2.75, 3.05) is 7.11 Å². The van der Waals surface area contributed by atoms with Gasteiger partial charge >= 0.3 is 0 Å². The Kier molecular flexibility index (Phi) is 2.13. The second kappa shape index (κ2) is 3.31. The van der Waals surface area contributed by atoms with Gasteiger partial charge in [0.1, 0.15) is 0 Å². The van der Waals surface area contributed by atoms with E-state index in [1.165, 1.54) is 0 Å². The van der Waals surface area contributed by atoms with Crippen LogP contribution in [0.2, 0.25) is 0 Å². The number of hydrogen-bond acceptors (Lipinski definition) is 3. The molecule has 0 aliphatic heterocycles. The van der Waals surface area contributed by atoms with Gasteiger partial charge in [-0.15, -0.1) is 0 Å². The quantitative estimate of drug-likeness (QED) is 0.819. The van der Waals surface area contributed by atoms with Crippen molar-refractivity contribution in [1.82, 2.24) is 0 Å². The number of thiophene rings is 1. The number of carbonyl (C=O) groups excluding carboxylic acids is 1. The Labute approximate surface area is 85.1 Å². The molecule has 0 aliphatic rings. The third kappa shape index (κ3) is 1.44. The summed E-state index contributed by atoms with van der Waals surface area (Å²) in [7, 11) is 1.62. The molecule has 2 rings (SSSR count). The first kappa shape index (κ1) is 9.02. The summed E-state index contributed by atoms with van der Waals surface area (Å²) in [6, 6.07) is 7.27. The zero-order valence-corrected chi connectivity index (χ0v) is 8.43. The first-order valence-corrected chi connectivity index (χ1v) is 4.90. The van der Waals surface area contributed by atoms with Crippen LogP contribution in [-0.2, 0) is 0 Å². The van der Waals surface area contributed by atoms with E-state index in [0.717, 1.165) is 15.1 Å². The Hall–Kier alpha value is -1.55. The lowest BCUT2D eigenvalue weighted by atomic mass is 10.1. The zero-order valence-electron chi connectivity index (χ0n) is 7.61. The van der Waals surface area contributed by atoms with Gasteiger partial charge in [-0.1, -0.05) is 11.3 Å². The van der Waals surface area contributed by atoms with Crippen molar-refractivity contribution in [3.63, 3.8) is 0 Å². The topological polar surface area (TPSA) is 52.3 Å². The molecule has 3 nitrogen and oxygen atoms in total. The molecule has 0 saturated carbocycles. The molecule has 2 aromatic rings. The summed E-state index contributed by atoms with van der Waals surface area (Å²) < 4.78 is 6.19. The number of rotatable bonds is 2. The van der Waals surface area contributed by atoms with Crippen LogP contribution in [0.25, 0.3) is 10.1 Å². The van der Waals surface area contributed by atoms with Gasteiger partial charge in [-0.3, -0.25) is 4.79 Å². The largest absolute Gasteiger partial charge is 0.487 e. The van der Waals surface area contributed by atoms with Gasteiger partial charge in [0, 0.05) is 10.3 Å². The first-order valence-electron chi connectivity index (χ1n) is 4.08. The van der Waals surface area contributed by atoms with Crippen LogP contribution in [0.4, 0.5) is 0 Å². The first-order chi connectivity index (χ1) is 6.70. The number of fused-ring (bicyclic) bond motifs is 1. The van der Waals surface area contributed by atoms with E-state index in [2.05, 4.69) is 0 Å². The maximum absolute atomic E-state index is 10.9. The fraction of sp³-hybridized carbons (Fsp3) is 0.100. The SMILES string of the molecule is COc1cc2cc(C(N)=O)ccc2s1. The maximum atomic E-state index is 10.9. The summed E-state index contributed by atoms with van der Waals surface area (Å²) in [4.78, 5) is 10.9. The molecule has 0 spiro atoms. The van der Waals surface area contributed by atoms with E-state index in [4.69, 9.17) is 10.5 Å². The maximum Gasteiger partial charge on any atom is 0.248 e. The molecule has 0 aliphatic carbocycles. The molecule has 1 aromatic heterocycles. The Morgan fingerprint density at radius 3 is 2.86 bits per heavy atom. The summed E-state index contributed by atoms with van der Waals surface area (Å²) in [6.07, 6.45) is 0. The van der Waals surface area contributed by atoms with Crippen LogP contribution in [-0.4, -0.2) is 13.0 Å². The van der Waals surface area contributed by atoms with Crippen LogP contribution >= 0.6 is 11.3 Å². The molecule has 72 valence electrons. The summed E-state index contributed by atoms with van der Waals surface area (Å²) in [5.74, 6) is -0.405. The fourth-order valence-electron chi connectivity index (χ4n) is 1.27. The highest BCUT2D eigenvalue weighted by molar-refractivity contribution is 7.20. The smallest absolute Gasteiger partial charge is 0.248 e. The fourth-order valence-corrected chi connectivity index (χ4v) is 2.13. The van der Waals surface area contributed by atoms with Gasteiger partial charge in [-0.25, -0.2) is 0 Å². The molecular weight excluding hydrogens is 198 g/mol. The van der Waals surface area contributed by atoms with Crippen molar-refractivity contribution in [2.24, 2.45) is 5.73 Å². The van der Waals surface area contributed by atoms with Gasteiger partial charge in [-0.2, -0.15) is 0 Å². The van der Waals surface area contributed by atoms with Crippen LogP contribution in [0, 0.1) is 0 Å². The molecular formula is C10H9NO2S. The molecule has 0 bridgehead atoms. The van der Waals surface area contributed by atoms with Crippen molar-refractivity contribution in [1.29, 1.82) is 0 Å². The van der Waals surface area contributed by atoms with Gasteiger partial charge < -0.3 is 10.5 Å². The standard InChI is InChI=1S/C10H9NO2S/c1-13-9-5-7-4-6(10(11)12)2-3-8(7)14-9/h2-5H,1H3,(H2,11,12). The van der Waals surface area contributed by atoms with Crippen molar-refractivity contribution < 1.29 is 9.53 Å². The molecule has 4 heteroatoms. The molecule has 14 heavy (non-hydrogen) atoms. The van der Waals surface area contributed by atoms with E-state index in [9.17, 15) is 4.79 Å². The van der Waals surface area contributed by atoms with Gasteiger partial charge in [0.05, 0.1) is 7.11 Å². The zero-order chi connectivity index (χ0) is 10.1. The molecule has 0 atom stereocenters. The number of hydrogen-bond donors (Lipinski definition) is 1. The highest BCUT2D eigenvalue weighted by atomic mass is 32.1. The second-order valence-corrected chi connectivity index (χ2v) is 3.93. The van der Waals surface area contributed by atoms with Gasteiger partial charge in [-0.05, 0) is 29.7 Å². The van der Waals surface area contributed by atoms with Crippen LogP contribution in [0.1, 0.15) is 10.4 Å². The van der Waals surface area contributed by atoms with Gasteiger partial charge in [0.25, 0.3) is 0 Å². The highest BCUT2D eigenvalue weighted by Gasteiger charge is 2.05. The van der Waals surface area contributed by atoms with Crippen molar-refractivity contribution >= 4 is 27.3 Å². The average Bonchev–Trinajstić information content (AvgIpc) is 2.58. The van der Waals surface area contributed by atoms with E-state index >= 15 is 0 Å². The second-order valence-electron chi connectivity index (χ2n) is 2.89. The molecule has 0 radical (unpaired) electrons. The molecule has 0 fully saturated rings. The molecule has 2 N–H and O–H groups in total. The highest BCUT2D eigenvalue weighted by Crippen LogP contribution is 2.31. The van der Waals surface area contributed by atoms with Gasteiger partial charge in [0.2, 0.25) is 5.91 Å². The minimum Gasteiger partial charge on any atom is -0.487 e. The van der Waals surface area contributed by atoms with E-state index in [1.807, 2.05) is 12.1 Å². The molecule has 0 unspecified atom stereocenters. The summed E-state index contributed by atoms with van der Waals surface area (Å²) in [6.45, 7) is 0. The molecule has 1 heterocycles. The number of benzene rings is 1. The van der Waals surface area contributed by atoms with Crippen LogP contribution < -0.4 is 10.5 Å². The third-order valence-electron chi connectivity index (χ3n) is 1.98. The average molecular weight is 207 g/mol. The monoisotopic (exact) mass is 207 g/mol. The minimum absolute atomic E-state index is 0.405. The number of nitrogens with two attached hydrogens (primary N) is 1. The minimum atomic E-state index is -0.405. The van der Waals surface area contributed by atoms with E-state index < -0.39 is 5.91 Å². The number of carbonyl (C=O) groups is 1. The van der Waals surface area contributed by atoms with Gasteiger partial charge in [0.15, 0.2) is 5.06 Å². The van der Waals surface area contributed by atoms with Crippen LogP contribution in [0.15, 0.2) is 24.3 Å². The Bertz CT molecular complexity index is 490. The van der Waals surface area contributed by atoms with Crippen molar-refractivity contribution in [2.45, 2.75) is 0 Å². The van der Waals surface area contributed by atoms with E-state index in [0.29, 0.717) is 5.56 Å². The van der Waals surface area contributed by atoms with Crippen LogP contribution in [0.5, 0.6) is 5.06 Å². The third-order valence-corrected chi connectivity index (χ3v) is 3.06. The van der Waals surface area contributed by atoms with E-state index in [1.54, 1.807) is 30.6 Å². The predicted octanol–water partition coefficient (Wildman–Crippen LogP) is 2.01. The Balaban J connectivity index is 2.59. The molecule has 1 amide bonds. The Morgan fingerprint density at radius 2 is 2.21 bits per heavy atom. The molecule has 0 saturated heterocycles. The molecule has 1 aromatic carbocycles. The van der Waals surface area contributed by atoms with Crippen LogP contribution in [0.3, 0.4) is 0 Å². The summed E-state index contributed by atoms with van der Waals surface area (Å²) in [5, 5.41) is 1.82. The Morgan fingerprint density at radius 1 is 1.43 bits per heavy atom. The van der Waals surface area contributed by atoms with Crippen molar-refractivity contribution in [3.8, 4) is 5.06 Å². The number of methoxy groups -OCH3 is 1. The lowest BCUT2D eigenvalue weighted by Crippen LogP contribution is -2.10. The summed E-state index contributed by atoms with van der Waals surface area (Å²) >= 11 is 1.54. The number of ether oxygens (including phenoxy) is 1.